The van der Waals surface area contributed by atoms with Crippen LogP contribution in [-0.2, 0) is 6.42 Å². The highest BCUT2D eigenvalue weighted by molar-refractivity contribution is 5.64. The van der Waals surface area contributed by atoms with Gasteiger partial charge in [-0.3, -0.25) is 4.40 Å². The molecule has 0 amide bonds. The molecule has 6 nitrogen and oxygen atoms in total. The molecule has 1 N–H and O–H groups in total. The summed E-state index contributed by atoms with van der Waals surface area (Å²) in [6.45, 7) is 4.62. The minimum absolute atomic E-state index is 0.427. The molecule has 0 aliphatic heterocycles. The maximum absolute atomic E-state index is 4.49. The van der Waals surface area contributed by atoms with Crippen molar-refractivity contribution in [3.05, 3.63) is 36.4 Å². The van der Waals surface area contributed by atoms with E-state index in [4.69, 9.17) is 0 Å². The van der Waals surface area contributed by atoms with Crippen molar-refractivity contribution in [3.63, 3.8) is 0 Å². The summed E-state index contributed by atoms with van der Waals surface area (Å²) in [6, 6.07) is 6.01. The number of nitrogens with zero attached hydrogens (tertiary/aromatic N) is 5. The van der Waals surface area contributed by atoms with E-state index < -0.39 is 0 Å². The Morgan fingerprint density at radius 2 is 2.08 bits per heavy atom. The molecule has 4 rings (SSSR count). The Hall–Kier alpha value is -2.50. The summed E-state index contributed by atoms with van der Waals surface area (Å²) in [6.07, 6.45) is 7.41. The standard InChI is InChI=1S/C18H22N6/c1-12(2)18(6-7-18)11-16-23-22-15-10-13(5-9-24(15)16)14-4-8-20-17(19-3)21-14/h4-5,8-10,12H,6-7,11H2,1-3H3,(H,19,20,21). The number of fused-ring (bicyclic) bond motifs is 1. The van der Waals surface area contributed by atoms with Gasteiger partial charge in [-0.05, 0) is 42.4 Å². The van der Waals surface area contributed by atoms with Crippen LogP contribution in [-0.4, -0.2) is 31.6 Å². The lowest BCUT2D eigenvalue weighted by molar-refractivity contribution is 0.349. The van der Waals surface area contributed by atoms with Crippen molar-refractivity contribution in [1.29, 1.82) is 0 Å². The molecule has 24 heavy (non-hydrogen) atoms. The highest BCUT2D eigenvalue weighted by Gasteiger charge is 2.46. The third kappa shape index (κ3) is 2.52. The van der Waals surface area contributed by atoms with Gasteiger partial charge in [-0.1, -0.05) is 13.8 Å². The normalized spacial score (nSPS) is 15.8. The van der Waals surface area contributed by atoms with Crippen LogP contribution in [0.3, 0.4) is 0 Å². The largest absolute Gasteiger partial charge is 0.357 e. The van der Waals surface area contributed by atoms with E-state index >= 15 is 0 Å². The van der Waals surface area contributed by atoms with Crippen LogP contribution in [0.4, 0.5) is 5.95 Å². The van der Waals surface area contributed by atoms with Crippen LogP contribution in [0.2, 0.25) is 0 Å². The zero-order chi connectivity index (χ0) is 16.7. The molecular formula is C18H22N6. The Morgan fingerprint density at radius 1 is 1.25 bits per heavy atom. The van der Waals surface area contributed by atoms with Gasteiger partial charge in [0.2, 0.25) is 5.95 Å². The van der Waals surface area contributed by atoms with Gasteiger partial charge in [0.05, 0.1) is 5.69 Å². The first-order valence-corrected chi connectivity index (χ1v) is 8.46. The lowest BCUT2D eigenvalue weighted by Crippen LogP contribution is -2.14. The minimum Gasteiger partial charge on any atom is -0.357 e. The fraction of sp³-hybridized carbons (Fsp3) is 0.444. The zero-order valence-corrected chi connectivity index (χ0v) is 14.3. The van der Waals surface area contributed by atoms with Crippen molar-refractivity contribution >= 4 is 11.6 Å². The van der Waals surface area contributed by atoms with E-state index in [9.17, 15) is 0 Å². The molecule has 124 valence electrons. The van der Waals surface area contributed by atoms with Gasteiger partial charge in [0.15, 0.2) is 5.65 Å². The van der Waals surface area contributed by atoms with Crippen LogP contribution in [0.25, 0.3) is 16.9 Å². The number of anilines is 1. The average molecular weight is 322 g/mol. The van der Waals surface area contributed by atoms with Crippen molar-refractivity contribution in [2.75, 3.05) is 12.4 Å². The molecule has 0 bridgehead atoms. The SMILES string of the molecule is CNc1nccc(-c2ccn3c(CC4(C(C)C)CC4)nnc3c2)n1. The van der Waals surface area contributed by atoms with Crippen LogP contribution in [0.15, 0.2) is 30.6 Å². The van der Waals surface area contributed by atoms with Gasteiger partial charge >= 0.3 is 0 Å². The molecule has 6 heteroatoms. The van der Waals surface area contributed by atoms with Gasteiger partial charge in [-0.2, -0.15) is 0 Å². The third-order valence-electron chi connectivity index (χ3n) is 5.28. The van der Waals surface area contributed by atoms with Crippen molar-refractivity contribution in [2.24, 2.45) is 11.3 Å². The second-order valence-electron chi connectivity index (χ2n) is 6.97. The van der Waals surface area contributed by atoms with E-state index in [1.807, 2.05) is 19.2 Å². The lowest BCUT2D eigenvalue weighted by Gasteiger charge is -2.18. The molecule has 0 atom stereocenters. The molecule has 1 aliphatic carbocycles. The maximum Gasteiger partial charge on any atom is 0.222 e. The van der Waals surface area contributed by atoms with E-state index in [1.54, 1.807) is 6.20 Å². The maximum atomic E-state index is 4.49. The topological polar surface area (TPSA) is 68.0 Å². The van der Waals surface area contributed by atoms with Crippen molar-refractivity contribution in [3.8, 4) is 11.3 Å². The summed E-state index contributed by atoms with van der Waals surface area (Å²) in [7, 11) is 1.82. The van der Waals surface area contributed by atoms with E-state index in [0.717, 1.165) is 29.1 Å². The van der Waals surface area contributed by atoms with Crippen molar-refractivity contribution in [1.82, 2.24) is 24.6 Å². The first-order valence-electron chi connectivity index (χ1n) is 8.46. The van der Waals surface area contributed by atoms with Gasteiger partial charge in [0.1, 0.15) is 5.82 Å². The van der Waals surface area contributed by atoms with E-state index in [1.165, 1.54) is 12.8 Å². The molecule has 0 radical (unpaired) electrons. The zero-order valence-electron chi connectivity index (χ0n) is 14.3. The molecule has 0 saturated heterocycles. The van der Waals surface area contributed by atoms with Crippen molar-refractivity contribution in [2.45, 2.75) is 33.1 Å². The fourth-order valence-electron chi connectivity index (χ4n) is 3.29. The molecule has 3 heterocycles. The first kappa shape index (κ1) is 15.1. The second-order valence-corrected chi connectivity index (χ2v) is 6.97. The van der Waals surface area contributed by atoms with Gasteiger partial charge < -0.3 is 5.32 Å². The Bertz CT molecular complexity index is 878. The molecule has 3 aromatic rings. The highest BCUT2D eigenvalue weighted by Crippen LogP contribution is 2.53. The van der Waals surface area contributed by atoms with Crippen LogP contribution < -0.4 is 5.32 Å². The molecule has 0 aromatic carbocycles. The second kappa shape index (κ2) is 5.54. The molecular weight excluding hydrogens is 300 g/mol. The summed E-state index contributed by atoms with van der Waals surface area (Å²) >= 11 is 0. The van der Waals surface area contributed by atoms with Crippen LogP contribution in [0.5, 0.6) is 0 Å². The Labute approximate surface area is 141 Å². The van der Waals surface area contributed by atoms with Gasteiger partial charge in [-0.15, -0.1) is 10.2 Å². The molecule has 0 spiro atoms. The quantitative estimate of drug-likeness (QED) is 0.781. The van der Waals surface area contributed by atoms with Gasteiger partial charge in [-0.25, -0.2) is 9.97 Å². The fourth-order valence-corrected chi connectivity index (χ4v) is 3.29. The Kier molecular flexibility index (Phi) is 3.48. The van der Waals surface area contributed by atoms with Gasteiger partial charge in [0, 0.05) is 31.4 Å². The summed E-state index contributed by atoms with van der Waals surface area (Å²) in [4.78, 5) is 8.65. The van der Waals surface area contributed by atoms with Crippen molar-refractivity contribution < 1.29 is 0 Å². The molecule has 1 fully saturated rings. The molecule has 0 unspecified atom stereocenters. The van der Waals surface area contributed by atoms with E-state index in [2.05, 4.69) is 56.0 Å². The Balaban J connectivity index is 1.68. The predicted octanol–water partition coefficient (Wildman–Crippen LogP) is 3.21. The number of pyridine rings is 1. The van der Waals surface area contributed by atoms with E-state index in [-0.39, 0.29) is 0 Å². The van der Waals surface area contributed by atoms with Gasteiger partial charge in [0.25, 0.3) is 0 Å². The lowest BCUT2D eigenvalue weighted by atomic mass is 9.89. The molecule has 1 aliphatic rings. The first-order chi connectivity index (χ1) is 11.6. The smallest absolute Gasteiger partial charge is 0.222 e. The van der Waals surface area contributed by atoms with Crippen LogP contribution in [0.1, 0.15) is 32.5 Å². The monoisotopic (exact) mass is 322 g/mol. The summed E-state index contributed by atoms with van der Waals surface area (Å²) < 4.78 is 2.10. The summed E-state index contributed by atoms with van der Waals surface area (Å²) in [5.41, 5.74) is 3.19. The Morgan fingerprint density at radius 3 is 2.79 bits per heavy atom. The summed E-state index contributed by atoms with van der Waals surface area (Å²) in [5.74, 6) is 2.36. The predicted molar refractivity (Wildman–Crippen MR) is 93.8 cm³/mol. The van der Waals surface area contributed by atoms with E-state index in [0.29, 0.717) is 17.3 Å². The summed E-state index contributed by atoms with van der Waals surface area (Å²) in [5, 5.41) is 11.8. The molecule has 3 aromatic heterocycles. The van der Waals surface area contributed by atoms with Crippen LogP contribution >= 0.6 is 0 Å². The number of rotatable bonds is 5. The molecule has 1 saturated carbocycles. The minimum atomic E-state index is 0.427. The highest BCUT2D eigenvalue weighted by atomic mass is 15.2. The number of nitrogens with one attached hydrogen (secondary N) is 1. The van der Waals surface area contributed by atoms with Crippen LogP contribution in [0, 0.1) is 11.3 Å². The third-order valence-corrected chi connectivity index (χ3v) is 5.28. The number of aromatic nitrogens is 5. The average Bonchev–Trinajstić information content (AvgIpc) is 3.29. The number of hydrogen-bond acceptors (Lipinski definition) is 5. The number of hydrogen-bond donors (Lipinski definition) is 1.